The molecule has 1 fully saturated rings. The van der Waals surface area contributed by atoms with E-state index in [0.717, 1.165) is 42.3 Å². The maximum atomic E-state index is 14.1. The summed E-state index contributed by atoms with van der Waals surface area (Å²) >= 11 is 0. The van der Waals surface area contributed by atoms with E-state index in [4.69, 9.17) is 0 Å². The van der Waals surface area contributed by atoms with Gasteiger partial charge >= 0.3 is 0 Å². The van der Waals surface area contributed by atoms with Gasteiger partial charge in [-0.25, -0.2) is 4.39 Å². The maximum Gasteiger partial charge on any atom is 0.127 e. The monoisotopic (exact) mass is 229 g/mol. The van der Waals surface area contributed by atoms with Crippen molar-refractivity contribution in [1.82, 2.24) is 5.32 Å². The third-order valence-corrected chi connectivity index (χ3v) is 3.66. The lowest BCUT2D eigenvalue weighted by Crippen LogP contribution is -2.27. The summed E-state index contributed by atoms with van der Waals surface area (Å²) in [5.41, 5.74) is 0.921. The molecule has 17 heavy (non-hydrogen) atoms. The van der Waals surface area contributed by atoms with E-state index in [1.54, 1.807) is 6.07 Å². The molecule has 2 heteroatoms. The van der Waals surface area contributed by atoms with Crippen LogP contribution in [0.3, 0.4) is 0 Å². The van der Waals surface area contributed by atoms with E-state index in [1.807, 2.05) is 24.3 Å². The van der Waals surface area contributed by atoms with Crippen molar-refractivity contribution >= 4 is 10.8 Å². The molecule has 0 saturated carbocycles. The Morgan fingerprint density at radius 1 is 1.00 bits per heavy atom. The standard InChI is InChI=1S/C15H16FN/c16-14-6-5-11-3-1-2-4-13(11)15(14)12-7-9-17-10-8-12/h1-6,12,17H,7-10H2. The Morgan fingerprint density at radius 3 is 2.59 bits per heavy atom. The molecule has 1 aliphatic heterocycles. The summed E-state index contributed by atoms with van der Waals surface area (Å²) in [6, 6.07) is 11.6. The first kappa shape index (κ1) is 10.7. The predicted octanol–water partition coefficient (Wildman–Crippen LogP) is 3.45. The molecule has 1 aliphatic rings. The minimum absolute atomic E-state index is 0.0457. The van der Waals surface area contributed by atoms with E-state index in [0.29, 0.717) is 5.92 Å². The average molecular weight is 229 g/mol. The van der Waals surface area contributed by atoms with Crippen LogP contribution in [-0.2, 0) is 0 Å². The van der Waals surface area contributed by atoms with Gasteiger partial charge in [-0.05, 0) is 54.3 Å². The van der Waals surface area contributed by atoms with Gasteiger partial charge in [0, 0.05) is 0 Å². The van der Waals surface area contributed by atoms with Gasteiger partial charge in [0.25, 0.3) is 0 Å². The number of hydrogen-bond donors (Lipinski definition) is 1. The van der Waals surface area contributed by atoms with Crippen molar-refractivity contribution in [3.63, 3.8) is 0 Å². The van der Waals surface area contributed by atoms with Crippen LogP contribution in [0.5, 0.6) is 0 Å². The quantitative estimate of drug-likeness (QED) is 0.789. The maximum absolute atomic E-state index is 14.1. The SMILES string of the molecule is Fc1ccc2ccccc2c1C1CCNCC1. The molecule has 0 unspecified atom stereocenters. The van der Waals surface area contributed by atoms with Gasteiger partial charge in [-0.2, -0.15) is 0 Å². The van der Waals surface area contributed by atoms with Gasteiger partial charge in [-0.3, -0.25) is 0 Å². The Bertz CT molecular complexity index is 529. The molecule has 0 amide bonds. The smallest absolute Gasteiger partial charge is 0.127 e. The van der Waals surface area contributed by atoms with Gasteiger partial charge < -0.3 is 5.32 Å². The number of piperidine rings is 1. The topological polar surface area (TPSA) is 12.0 Å². The van der Waals surface area contributed by atoms with Gasteiger partial charge in [0.15, 0.2) is 0 Å². The molecular weight excluding hydrogens is 213 g/mol. The van der Waals surface area contributed by atoms with Gasteiger partial charge in [0.05, 0.1) is 0 Å². The summed E-state index contributed by atoms with van der Waals surface area (Å²) in [6.45, 7) is 1.99. The zero-order chi connectivity index (χ0) is 11.7. The molecule has 0 bridgehead atoms. The summed E-state index contributed by atoms with van der Waals surface area (Å²) in [4.78, 5) is 0. The second-order valence-electron chi connectivity index (χ2n) is 4.71. The predicted molar refractivity (Wildman–Crippen MR) is 68.8 cm³/mol. The van der Waals surface area contributed by atoms with Crippen molar-refractivity contribution in [1.29, 1.82) is 0 Å². The zero-order valence-corrected chi connectivity index (χ0v) is 9.75. The van der Waals surface area contributed by atoms with E-state index in [-0.39, 0.29) is 5.82 Å². The Kier molecular flexibility index (Phi) is 2.81. The number of rotatable bonds is 1. The highest BCUT2D eigenvalue weighted by molar-refractivity contribution is 5.86. The molecule has 0 spiro atoms. The second kappa shape index (κ2) is 4.46. The van der Waals surface area contributed by atoms with Crippen LogP contribution in [0.4, 0.5) is 4.39 Å². The van der Waals surface area contributed by atoms with Crippen LogP contribution < -0.4 is 5.32 Å². The molecule has 2 aromatic rings. The molecule has 1 nitrogen and oxygen atoms in total. The van der Waals surface area contributed by atoms with Crippen LogP contribution in [0.2, 0.25) is 0 Å². The lowest BCUT2D eigenvalue weighted by molar-refractivity contribution is 0.448. The minimum Gasteiger partial charge on any atom is -0.317 e. The highest BCUT2D eigenvalue weighted by Gasteiger charge is 2.20. The third kappa shape index (κ3) is 1.93. The summed E-state index contributed by atoms with van der Waals surface area (Å²) in [7, 11) is 0. The van der Waals surface area contributed by atoms with Crippen LogP contribution in [0.15, 0.2) is 36.4 Å². The molecule has 0 aromatic heterocycles. The van der Waals surface area contributed by atoms with Crippen LogP contribution in [0.25, 0.3) is 10.8 Å². The van der Waals surface area contributed by atoms with E-state index >= 15 is 0 Å². The third-order valence-electron chi connectivity index (χ3n) is 3.66. The largest absolute Gasteiger partial charge is 0.317 e. The van der Waals surface area contributed by atoms with Gasteiger partial charge in [0.2, 0.25) is 0 Å². The Balaban J connectivity index is 2.15. The molecule has 1 N–H and O–H groups in total. The first-order chi connectivity index (χ1) is 8.36. The fourth-order valence-corrected chi connectivity index (χ4v) is 2.79. The highest BCUT2D eigenvalue weighted by Crippen LogP contribution is 2.33. The summed E-state index contributed by atoms with van der Waals surface area (Å²) in [5.74, 6) is 0.318. The fraction of sp³-hybridized carbons (Fsp3) is 0.333. The van der Waals surface area contributed by atoms with E-state index in [2.05, 4.69) is 11.4 Å². The van der Waals surface area contributed by atoms with Gasteiger partial charge in [-0.15, -0.1) is 0 Å². The molecule has 88 valence electrons. The van der Waals surface area contributed by atoms with Crippen molar-refractivity contribution in [3.8, 4) is 0 Å². The molecule has 1 saturated heterocycles. The zero-order valence-electron chi connectivity index (χ0n) is 9.75. The summed E-state index contributed by atoms with van der Waals surface area (Å²) in [6.07, 6.45) is 2.07. The Morgan fingerprint density at radius 2 is 1.76 bits per heavy atom. The molecule has 1 heterocycles. The van der Waals surface area contributed by atoms with Crippen molar-refractivity contribution in [3.05, 3.63) is 47.8 Å². The minimum atomic E-state index is -0.0457. The number of hydrogen-bond acceptors (Lipinski definition) is 1. The molecule has 2 aromatic carbocycles. The lowest BCUT2D eigenvalue weighted by atomic mass is 9.86. The van der Waals surface area contributed by atoms with E-state index in [9.17, 15) is 4.39 Å². The van der Waals surface area contributed by atoms with Crippen LogP contribution >= 0.6 is 0 Å². The first-order valence-corrected chi connectivity index (χ1v) is 6.24. The summed E-state index contributed by atoms with van der Waals surface area (Å²) in [5, 5.41) is 5.55. The molecule has 3 rings (SSSR count). The molecular formula is C15H16FN. The van der Waals surface area contributed by atoms with Crippen molar-refractivity contribution < 1.29 is 4.39 Å². The number of nitrogens with one attached hydrogen (secondary N) is 1. The van der Waals surface area contributed by atoms with Crippen molar-refractivity contribution in [2.24, 2.45) is 0 Å². The second-order valence-corrected chi connectivity index (χ2v) is 4.71. The Hall–Kier alpha value is -1.41. The van der Waals surface area contributed by atoms with E-state index in [1.165, 1.54) is 0 Å². The average Bonchev–Trinajstić information content (AvgIpc) is 2.39. The fourth-order valence-electron chi connectivity index (χ4n) is 2.79. The molecule has 0 aliphatic carbocycles. The van der Waals surface area contributed by atoms with Crippen molar-refractivity contribution in [2.75, 3.05) is 13.1 Å². The van der Waals surface area contributed by atoms with Gasteiger partial charge in [0.1, 0.15) is 5.82 Å². The van der Waals surface area contributed by atoms with E-state index < -0.39 is 0 Å². The lowest BCUT2D eigenvalue weighted by Gasteiger charge is -2.24. The summed E-state index contributed by atoms with van der Waals surface area (Å²) < 4.78 is 14.1. The number of halogens is 1. The number of benzene rings is 2. The molecule has 0 atom stereocenters. The molecule has 0 radical (unpaired) electrons. The van der Waals surface area contributed by atoms with Crippen molar-refractivity contribution in [2.45, 2.75) is 18.8 Å². The highest BCUT2D eigenvalue weighted by atomic mass is 19.1. The van der Waals surface area contributed by atoms with Crippen LogP contribution in [0.1, 0.15) is 24.3 Å². The van der Waals surface area contributed by atoms with Gasteiger partial charge in [-0.1, -0.05) is 30.3 Å². The normalized spacial score (nSPS) is 17.5. The van der Waals surface area contributed by atoms with Crippen LogP contribution in [0, 0.1) is 5.82 Å². The van der Waals surface area contributed by atoms with Crippen LogP contribution in [-0.4, -0.2) is 13.1 Å². The number of fused-ring (bicyclic) bond motifs is 1. The Labute approximate surface area is 101 Å². The first-order valence-electron chi connectivity index (χ1n) is 6.24.